The number of aromatic nitrogens is 2. The van der Waals surface area contributed by atoms with E-state index in [0.717, 1.165) is 40.1 Å². The molecule has 3 aromatic heterocycles. The van der Waals surface area contributed by atoms with Crippen LogP contribution in [0.1, 0.15) is 23.1 Å². The van der Waals surface area contributed by atoms with E-state index in [0.29, 0.717) is 11.0 Å². The van der Waals surface area contributed by atoms with E-state index < -0.39 is 0 Å². The SMILES string of the molecule is Clc1ccc2nc(N3N=C(c4ccco4)C[C@@H]3c3cccs3)nc(-c3ccccc3)c2c1. The van der Waals surface area contributed by atoms with Gasteiger partial charge in [0.1, 0.15) is 11.5 Å². The van der Waals surface area contributed by atoms with E-state index in [2.05, 4.69) is 17.5 Å². The molecule has 1 atom stereocenters. The first kappa shape index (κ1) is 19.2. The zero-order valence-electron chi connectivity index (χ0n) is 16.9. The number of nitrogens with zero attached hydrogens (tertiary/aromatic N) is 4. The molecule has 7 heteroatoms. The summed E-state index contributed by atoms with van der Waals surface area (Å²) in [5, 5.41) is 10.5. The van der Waals surface area contributed by atoms with Crippen molar-refractivity contribution in [3.05, 3.63) is 100 Å². The third-order valence-electron chi connectivity index (χ3n) is 5.49. The monoisotopic (exact) mass is 456 g/mol. The molecular formula is C25H17ClN4OS. The molecule has 32 heavy (non-hydrogen) atoms. The van der Waals surface area contributed by atoms with Crippen molar-refractivity contribution in [3.63, 3.8) is 0 Å². The number of thiophene rings is 1. The maximum Gasteiger partial charge on any atom is 0.247 e. The Kier molecular flexibility index (Phi) is 4.74. The van der Waals surface area contributed by atoms with Gasteiger partial charge in [-0.1, -0.05) is 48.0 Å². The highest BCUT2D eigenvalue weighted by Gasteiger charge is 2.33. The van der Waals surface area contributed by atoms with Crippen LogP contribution in [0, 0.1) is 0 Å². The Morgan fingerprint density at radius 2 is 1.88 bits per heavy atom. The second-order valence-corrected chi connectivity index (χ2v) is 8.92. The molecule has 1 aliphatic heterocycles. The fraction of sp³-hybridized carbons (Fsp3) is 0.0800. The number of rotatable bonds is 4. The maximum atomic E-state index is 6.32. The number of hydrazone groups is 1. The minimum atomic E-state index is 0.00322. The number of hydrogen-bond donors (Lipinski definition) is 0. The van der Waals surface area contributed by atoms with Crippen LogP contribution in [0.4, 0.5) is 5.95 Å². The van der Waals surface area contributed by atoms with Gasteiger partial charge in [0.05, 0.1) is 23.5 Å². The zero-order valence-corrected chi connectivity index (χ0v) is 18.4. The Bertz CT molecular complexity index is 1420. The van der Waals surface area contributed by atoms with Crippen molar-refractivity contribution >= 4 is 45.5 Å². The van der Waals surface area contributed by atoms with Gasteiger partial charge in [0, 0.05) is 27.3 Å². The molecule has 0 amide bonds. The molecule has 0 saturated heterocycles. The van der Waals surface area contributed by atoms with Gasteiger partial charge in [0.15, 0.2) is 0 Å². The van der Waals surface area contributed by atoms with Crippen LogP contribution in [-0.2, 0) is 0 Å². The van der Waals surface area contributed by atoms with Crippen molar-refractivity contribution in [2.24, 2.45) is 5.10 Å². The number of hydrogen-bond acceptors (Lipinski definition) is 6. The predicted octanol–water partition coefficient (Wildman–Crippen LogP) is 6.96. The van der Waals surface area contributed by atoms with Gasteiger partial charge in [-0.3, -0.25) is 0 Å². The van der Waals surface area contributed by atoms with Crippen LogP contribution < -0.4 is 5.01 Å². The lowest BCUT2D eigenvalue weighted by Crippen LogP contribution is -2.20. The first-order valence-electron chi connectivity index (χ1n) is 10.2. The highest BCUT2D eigenvalue weighted by Crippen LogP contribution is 2.39. The van der Waals surface area contributed by atoms with Crippen LogP contribution in [0.15, 0.2) is 94.0 Å². The van der Waals surface area contributed by atoms with Crippen LogP contribution >= 0.6 is 22.9 Å². The van der Waals surface area contributed by atoms with Crippen LogP contribution in [0.3, 0.4) is 0 Å². The summed E-state index contributed by atoms with van der Waals surface area (Å²) in [4.78, 5) is 11.1. The second-order valence-electron chi connectivity index (χ2n) is 7.50. The lowest BCUT2D eigenvalue weighted by atomic mass is 10.1. The molecule has 0 spiro atoms. The Hall–Kier alpha value is -3.48. The molecule has 5 aromatic rings. The van der Waals surface area contributed by atoms with Crippen LogP contribution in [0.25, 0.3) is 22.2 Å². The zero-order chi connectivity index (χ0) is 21.5. The molecule has 1 aliphatic rings. The first-order valence-corrected chi connectivity index (χ1v) is 11.5. The average molecular weight is 457 g/mol. The highest BCUT2D eigenvalue weighted by molar-refractivity contribution is 7.10. The van der Waals surface area contributed by atoms with Gasteiger partial charge >= 0.3 is 0 Å². The van der Waals surface area contributed by atoms with Gasteiger partial charge in [0.2, 0.25) is 5.95 Å². The summed E-state index contributed by atoms with van der Waals surface area (Å²) >= 11 is 8.02. The van der Waals surface area contributed by atoms with Crippen LogP contribution in [0.5, 0.6) is 0 Å². The van der Waals surface area contributed by atoms with E-state index in [9.17, 15) is 0 Å². The summed E-state index contributed by atoms with van der Waals surface area (Å²) in [6.45, 7) is 0. The molecule has 0 fully saturated rings. The van der Waals surface area contributed by atoms with E-state index >= 15 is 0 Å². The lowest BCUT2D eigenvalue weighted by molar-refractivity contribution is 0.556. The Morgan fingerprint density at radius 3 is 2.66 bits per heavy atom. The average Bonchev–Trinajstić information content (AvgIpc) is 3.60. The molecule has 0 aliphatic carbocycles. The number of fused-ring (bicyclic) bond motifs is 1. The quantitative estimate of drug-likeness (QED) is 0.293. The third kappa shape index (κ3) is 3.38. The highest BCUT2D eigenvalue weighted by atomic mass is 35.5. The van der Waals surface area contributed by atoms with E-state index in [1.807, 2.05) is 65.7 Å². The topological polar surface area (TPSA) is 54.5 Å². The maximum absolute atomic E-state index is 6.32. The normalized spacial score (nSPS) is 16.0. The van der Waals surface area contributed by atoms with Crippen molar-refractivity contribution in [2.75, 3.05) is 5.01 Å². The molecule has 0 N–H and O–H groups in total. The van der Waals surface area contributed by atoms with Crippen molar-refractivity contribution < 1.29 is 4.42 Å². The fourth-order valence-corrected chi connectivity index (χ4v) is 4.98. The van der Waals surface area contributed by atoms with Crippen LogP contribution in [0.2, 0.25) is 5.02 Å². The minimum absolute atomic E-state index is 0.00322. The van der Waals surface area contributed by atoms with Gasteiger partial charge < -0.3 is 4.42 Å². The summed E-state index contributed by atoms with van der Waals surface area (Å²) in [6.07, 6.45) is 2.39. The fourth-order valence-electron chi connectivity index (χ4n) is 4.00. The number of benzene rings is 2. The molecule has 5 nitrogen and oxygen atoms in total. The van der Waals surface area contributed by atoms with E-state index in [1.165, 1.54) is 4.88 Å². The molecule has 0 saturated carbocycles. The molecule has 6 rings (SSSR count). The van der Waals surface area contributed by atoms with Gasteiger partial charge in [0.25, 0.3) is 0 Å². The van der Waals surface area contributed by atoms with Gasteiger partial charge in [-0.2, -0.15) is 5.10 Å². The number of furan rings is 1. The van der Waals surface area contributed by atoms with Crippen molar-refractivity contribution in [1.29, 1.82) is 0 Å². The first-order chi connectivity index (χ1) is 15.8. The molecular weight excluding hydrogens is 440 g/mol. The largest absolute Gasteiger partial charge is 0.463 e. The van der Waals surface area contributed by atoms with Gasteiger partial charge in [-0.25, -0.2) is 15.0 Å². The molecule has 0 bridgehead atoms. The minimum Gasteiger partial charge on any atom is -0.463 e. The molecule has 0 unspecified atom stereocenters. The smallest absolute Gasteiger partial charge is 0.247 e. The van der Waals surface area contributed by atoms with Crippen LogP contribution in [-0.4, -0.2) is 15.7 Å². The number of halogens is 1. The predicted molar refractivity (Wildman–Crippen MR) is 129 cm³/mol. The molecule has 156 valence electrons. The van der Waals surface area contributed by atoms with Crippen molar-refractivity contribution in [2.45, 2.75) is 12.5 Å². The standard InChI is InChI=1S/C25H17ClN4OS/c26-17-10-11-19-18(14-17)24(16-6-2-1-3-7-16)28-25(27-19)30-21(23-9-5-13-32-23)15-20(29-30)22-8-4-12-31-22/h1-14,21H,15H2/t21-/m1/s1. The van der Waals surface area contributed by atoms with E-state index in [-0.39, 0.29) is 6.04 Å². The summed E-state index contributed by atoms with van der Waals surface area (Å²) < 4.78 is 5.63. The Balaban J connectivity index is 1.55. The van der Waals surface area contributed by atoms with Crippen molar-refractivity contribution in [3.8, 4) is 11.3 Å². The lowest BCUT2D eigenvalue weighted by Gasteiger charge is -2.21. The second kappa shape index (κ2) is 7.89. The Morgan fingerprint density at radius 1 is 0.969 bits per heavy atom. The van der Waals surface area contributed by atoms with E-state index in [1.54, 1.807) is 17.6 Å². The summed E-state index contributed by atoms with van der Waals surface area (Å²) in [5.74, 6) is 1.32. The molecule has 4 heterocycles. The number of anilines is 1. The molecule has 0 radical (unpaired) electrons. The Labute approximate surface area is 193 Å². The van der Waals surface area contributed by atoms with E-state index in [4.69, 9.17) is 31.1 Å². The molecule has 2 aromatic carbocycles. The van der Waals surface area contributed by atoms with Crippen molar-refractivity contribution in [1.82, 2.24) is 9.97 Å². The summed E-state index contributed by atoms with van der Waals surface area (Å²) in [7, 11) is 0. The summed E-state index contributed by atoms with van der Waals surface area (Å²) in [6, 6.07) is 23.8. The van der Waals surface area contributed by atoms with Gasteiger partial charge in [-0.15, -0.1) is 11.3 Å². The summed E-state index contributed by atoms with van der Waals surface area (Å²) in [5.41, 5.74) is 3.55. The third-order valence-corrected chi connectivity index (χ3v) is 6.69. The van der Waals surface area contributed by atoms with Gasteiger partial charge in [-0.05, 0) is 41.8 Å².